The molecule has 0 saturated heterocycles. The zero-order valence-electron chi connectivity index (χ0n) is 18.5. The van der Waals surface area contributed by atoms with Gasteiger partial charge in [0.15, 0.2) is 0 Å². The molecule has 0 spiro atoms. The molecule has 3 aromatic rings. The van der Waals surface area contributed by atoms with Crippen LogP contribution in [0, 0.1) is 12.8 Å². The van der Waals surface area contributed by atoms with Crippen LogP contribution in [0.25, 0.3) is 10.9 Å². The van der Waals surface area contributed by atoms with Gasteiger partial charge in [0, 0.05) is 40.7 Å². The molecule has 2 N–H and O–H groups in total. The van der Waals surface area contributed by atoms with Crippen LogP contribution < -0.4 is 4.74 Å². The Hall–Kier alpha value is -2.04. The van der Waals surface area contributed by atoms with E-state index in [2.05, 4.69) is 44.6 Å². The zero-order valence-corrected chi connectivity index (χ0v) is 19.2. The predicted molar refractivity (Wildman–Crippen MR) is 123 cm³/mol. The van der Waals surface area contributed by atoms with Gasteiger partial charge < -0.3 is 14.8 Å². The van der Waals surface area contributed by atoms with Crippen LogP contribution in [0.5, 0.6) is 5.75 Å². The fraction of sp³-hybridized carbons (Fsp3) is 0.480. The van der Waals surface area contributed by atoms with Crippen molar-refractivity contribution in [3.8, 4) is 5.75 Å². The molecular weight excluding hydrogens is 396 g/mol. The number of hydrogen-bond donors (Lipinski definition) is 2. The number of fused-ring (bicyclic) bond motifs is 2. The molecule has 0 radical (unpaired) electrons. The van der Waals surface area contributed by atoms with Gasteiger partial charge in [0.2, 0.25) is 0 Å². The first-order chi connectivity index (χ1) is 14.1. The number of nitrogens with zero attached hydrogens (tertiary/aromatic N) is 1. The van der Waals surface area contributed by atoms with Crippen LogP contribution in [0.4, 0.5) is 0 Å². The van der Waals surface area contributed by atoms with Gasteiger partial charge in [-0.15, -0.1) is 0 Å². The van der Waals surface area contributed by atoms with Gasteiger partial charge in [-0.1, -0.05) is 39.3 Å². The van der Waals surface area contributed by atoms with Gasteiger partial charge in [-0.25, -0.2) is 0 Å². The second kappa shape index (κ2) is 7.58. The van der Waals surface area contributed by atoms with Crippen LogP contribution in [0.3, 0.4) is 0 Å². The highest BCUT2D eigenvalue weighted by atomic mass is 35.5. The van der Waals surface area contributed by atoms with E-state index in [-0.39, 0.29) is 11.3 Å². The number of aromatic amines is 1. The van der Waals surface area contributed by atoms with Crippen molar-refractivity contribution in [2.24, 2.45) is 5.92 Å². The summed E-state index contributed by atoms with van der Waals surface area (Å²) in [5.41, 5.74) is 4.30. The Morgan fingerprint density at radius 3 is 2.77 bits per heavy atom. The van der Waals surface area contributed by atoms with E-state index < -0.39 is 5.60 Å². The summed E-state index contributed by atoms with van der Waals surface area (Å²) in [6.45, 7) is 11.3. The first kappa shape index (κ1) is 21.2. The fourth-order valence-corrected chi connectivity index (χ4v) is 5.07. The molecule has 1 unspecified atom stereocenters. The Morgan fingerprint density at radius 2 is 2.07 bits per heavy atom. The lowest BCUT2D eigenvalue weighted by Crippen LogP contribution is -2.43. The van der Waals surface area contributed by atoms with E-state index in [1.54, 1.807) is 0 Å². The molecule has 0 amide bonds. The molecule has 3 heterocycles. The van der Waals surface area contributed by atoms with Crippen LogP contribution in [-0.4, -0.2) is 27.3 Å². The third-order valence-corrected chi connectivity index (χ3v) is 6.96. The highest BCUT2D eigenvalue weighted by Crippen LogP contribution is 2.45. The molecule has 1 aliphatic heterocycles. The summed E-state index contributed by atoms with van der Waals surface area (Å²) >= 11 is 6.44. The monoisotopic (exact) mass is 426 g/mol. The zero-order chi connectivity index (χ0) is 21.7. The molecule has 4 nitrogen and oxygen atoms in total. The molecule has 0 fully saturated rings. The van der Waals surface area contributed by atoms with E-state index in [0.717, 1.165) is 44.9 Å². The van der Waals surface area contributed by atoms with E-state index in [9.17, 15) is 5.11 Å². The second-order valence-electron chi connectivity index (χ2n) is 9.69. The van der Waals surface area contributed by atoms with Gasteiger partial charge in [-0.2, -0.15) is 0 Å². The Morgan fingerprint density at radius 1 is 1.30 bits per heavy atom. The minimum absolute atomic E-state index is 0.0777. The van der Waals surface area contributed by atoms with Crippen molar-refractivity contribution in [1.82, 2.24) is 9.97 Å². The van der Waals surface area contributed by atoms with Crippen molar-refractivity contribution in [1.29, 1.82) is 0 Å². The number of aryl methyl sites for hydroxylation is 1. The maximum absolute atomic E-state index is 11.9. The second-order valence-corrected chi connectivity index (χ2v) is 10.1. The lowest BCUT2D eigenvalue weighted by atomic mass is 9.69. The SMILES string of the molecule is Cc1c(CC(O)(CC(C)(C)c2cc(Cl)cc3c2OCC3)C(C)C)[nH]c2cnccc12. The first-order valence-electron chi connectivity index (χ1n) is 10.7. The maximum atomic E-state index is 11.9. The lowest BCUT2D eigenvalue weighted by molar-refractivity contribution is -0.0294. The lowest BCUT2D eigenvalue weighted by Gasteiger charge is -2.40. The number of aromatic nitrogens is 2. The van der Waals surface area contributed by atoms with Crippen molar-refractivity contribution in [2.45, 2.75) is 64.9 Å². The summed E-state index contributed by atoms with van der Waals surface area (Å²) in [6.07, 6.45) is 5.69. The molecule has 0 bridgehead atoms. The van der Waals surface area contributed by atoms with E-state index in [1.165, 1.54) is 5.56 Å². The Labute approximate surface area is 183 Å². The van der Waals surface area contributed by atoms with Crippen molar-refractivity contribution < 1.29 is 9.84 Å². The molecule has 0 aliphatic carbocycles. The number of pyridine rings is 1. The standard InChI is InChI=1S/C25H31ClN2O2/c1-15(2)25(29,12-21-16(3)19-6-8-27-13-22(19)28-21)14-24(4,5)20-11-18(26)10-17-7-9-30-23(17)20/h6,8,10-11,13,15,28-29H,7,9,12,14H2,1-5H3. The number of H-pyrrole nitrogens is 1. The Kier molecular flexibility index (Phi) is 5.36. The largest absolute Gasteiger partial charge is 0.493 e. The number of hydrogen-bond acceptors (Lipinski definition) is 3. The predicted octanol–water partition coefficient (Wildman–Crippen LogP) is 5.76. The Balaban J connectivity index is 1.70. The molecule has 160 valence electrons. The summed E-state index contributed by atoms with van der Waals surface area (Å²) in [7, 11) is 0. The molecule has 1 aliphatic rings. The number of benzene rings is 1. The number of halogens is 1. The smallest absolute Gasteiger partial charge is 0.126 e. The molecule has 1 atom stereocenters. The highest BCUT2D eigenvalue weighted by Gasteiger charge is 2.41. The Bertz CT molecular complexity index is 1090. The van der Waals surface area contributed by atoms with Crippen LogP contribution in [-0.2, 0) is 18.3 Å². The summed E-state index contributed by atoms with van der Waals surface area (Å²) in [6, 6.07) is 6.03. The van der Waals surface area contributed by atoms with Gasteiger partial charge in [0.25, 0.3) is 0 Å². The van der Waals surface area contributed by atoms with Crippen molar-refractivity contribution in [3.05, 3.63) is 58.0 Å². The molecule has 4 rings (SSSR count). The fourth-order valence-electron chi connectivity index (χ4n) is 4.83. The van der Waals surface area contributed by atoms with Crippen LogP contribution in [0.15, 0.2) is 30.6 Å². The van der Waals surface area contributed by atoms with Crippen LogP contribution in [0.1, 0.15) is 56.5 Å². The molecule has 30 heavy (non-hydrogen) atoms. The highest BCUT2D eigenvalue weighted by molar-refractivity contribution is 6.30. The van der Waals surface area contributed by atoms with E-state index >= 15 is 0 Å². The quantitative estimate of drug-likeness (QED) is 0.527. The minimum atomic E-state index is -0.892. The van der Waals surface area contributed by atoms with E-state index in [0.29, 0.717) is 19.4 Å². The average molecular weight is 427 g/mol. The summed E-state index contributed by atoms with van der Waals surface area (Å²) in [4.78, 5) is 7.70. The maximum Gasteiger partial charge on any atom is 0.126 e. The summed E-state index contributed by atoms with van der Waals surface area (Å²) < 4.78 is 5.97. The van der Waals surface area contributed by atoms with Crippen LogP contribution in [0.2, 0.25) is 5.02 Å². The minimum Gasteiger partial charge on any atom is -0.493 e. The molecule has 2 aromatic heterocycles. The van der Waals surface area contributed by atoms with Gasteiger partial charge in [-0.05, 0) is 54.0 Å². The average Bonchev–Trinajstić information content (AvgIpc) is 3.25. The molecule has 5 heteroatoms. The first-order valence-corrected chi connectivity index (χ1v) is 11.1. The number of rotatable bonds is 6. The normalized spacial score (nSPS) is 16.0. The third-order valence-electron chi connectivity index (χ3n) is 6.75. The van der Waals surface area contributed by atoms with Gasteiger partial charge in [-0.3, -0.25) is 4.98 Å². The van der Waals surface area contributed by atoms with Gasteiger partial charge >= 0.3 is 0 Å². The topological polar surface area (TPSA) is 58.1 Å². The van der Waals surface area contributed by atoms with Crippen molar-refractivity contribution >= 4 is 22.5 Å². The van der Waals surface area contributed by atoms with E-state index in [4.69, 9.17) is 16.3 Å². The number of aliphatic hydroxyl groups is 1. The molecular formula is C25H31ClN2O2. The van der Waals surface area contributed by atoms with Gasteiger partial charge in [0.1, 0.15) is 5.75 Å². The molecule has 1 aromatic carbocycles. The summed E-state index contributed by atoms with van der Waals surface area (Å²) in [5, 5.41) is 13.8. The third kappa shape index (κ3) is 3.72. The number of nitrogens with one attached hydrogen (secondary N) is 1. The van der Waals surface area contributed by atoms with E-state index in [1.807, 2.05) is 30.6 Å². The number of ether oxygens (including phenoxy) is 1. The van der Waals surface area contributed by atoms with Crippen molar-refractivity contribution in [2.75, 3.05) is 6.61 Å². The van der Waals surface area contributed by atoms with Crippen molar-refractivity contribution in [3.63, 3.8) is 0 Å². The molecule has 0 saturated carbocycles. The summed E-state index contributed by atoms with van der Waals surface area (Å²) in [5.74, 6) is 1.03. The van der Waals surface area contributed by atoms with Gasteiger partial charge in [0.05, 0.1) is 23.9 Å². The van der Waals surface area contributed by atoms with Crippen LogP contribution >= 0.6 is 11.6 Å².